The van der Waals surface area contributed by atoms with E-state index in [0.717, 1.165) is 29.9 Å². The van der Waals surface area contributed by atoms with Crippen molar-refractivity contribution in [2.45, 2.75) is 25.4 Å². The number of hydrogen-bond acceptors (Lipinski definition) is 6. The summed E-state index contributed by atoms with van der Waals surface area (Å²) in [6, 6.07) is 13.1. The number of likely N-dealkylation sites (N-methyl/N-ethyl adjacent to an activating group) is 1. The van der Waals surface area contributed by atoms with Crippen LogP contribution in [0.25, 0.3) is 0 Å². The van der Waals surface area contributed by atoms with E-state index in [-0.39, 0.29) is 24.9 Å². The first-order chi connectivity index (χ1) is 15.4. The number of hydrogen-bond donors (Lipinski definition) is 1. The highest BCUT2D eigenvalue weighted by molar-refractivity contribution is 5.94. The van der Waals surface area contributed by atoms with Crippen molar-refractivity contribution in [3.8, 4) is 17.2 Å². The lowest BCUT2D eigenvalue weighted by atomic mass is 10.1. The lowest BCUT2D eigenvalue weighted by molar-refractivity contribution is -0.134. The Bertz CT molecular complexity index is 945. The molecule has 0 heterocycles. The lowest BCUT2D eigenvalue weighted by Crippen LogP contribution is -2.42. The molecule has 2 amide bonds. The number of ether oxygens (including phenoxy) is 3. The Labute approximate surface area is 189 Å². The number of amides is 2. The summed E-state index contributed by atoms with van der Waals surface area (Å²) in [7, 11) is 6.47. The number of nitrogens with one attached hydrogen (secondary N) is 1. The zero-order valence-electron chi connectivity index (χ0n) is 19.1. The average molecular weight is 442 g/mol. The highest BCUT2D eigenvalue weighted by atomic mass is 16.5. The molecule has 3 rings (SSSR count). The van der Waals surface area contributed by atoms with Crippen molar-refractivity contribution in [3.63, 3.8) is 0 Å². The van der Waals surface area contributed by atoms with Gasteiger partial charge in [0.25, 0.3) is 0 Å². The predicted molar refractivity (Wildman–Crippen MR) is 122 cm³/mol. The van der Waals surface area contributed by atoms with Gasteiger partial charge in [-0.1, -0.05) is 6.07 Å². The molecule has 0 unspecified atom stereocenters. The number of methoxy groups -OCH3 is 3. The third-order valence-corrected chi connectivity index (χ3v) is 5.42. The summed E-state index contributed by atoms with van der Waals surface area (Å²) >= 11 is 0. The van der Waals surface area contributed by atoms with Gasteiger partial charge in [0, 0.05) is 37.0 Å². The van der Waals surface area contributed by atoms with Crippen molar-refractivity contribution in [2.24, 2.45) is 0 Å². The quantitative estimate of drug-likeness (QED) is 0.578. The minimum absolute atomic E-state index is 0.0307. The maximum absolute atomic E-state index is 12.9. The summed E-state index contributed by atoms with van der Waals surface area (Å²) in [4.78, 5) is 28.9. The molecule has 1 N–H and O–H groups in total. The zero-order chi connectivity index (χ0) is 23.1. The zero-order valence-corrected chi connectivity index (χ0v) is 19.1. The minimum atomic E-state index is -0.262. The predicted octanol–water partition coefficient (Wildman–Crippen LogP) is 2.77. The summed E-state index contributed by atoms with van der Waals surface area (Å²) in [5.74, 6) is 1.78. The first kappa shape index (κ1) is 23.4. The number of carbonyl (C=O) groups is 2. The van der Waals surface area contributed by atoms with Crippen molar-refractivity contribution in [3.05, 3.63) is 48.0 Å². The van der Waals surface area contributed by atoms with Gasteiger partial charge in [0.1, 0.15) is 17.2 Å². The number of nitrogens with zero attached hydrogens (tertiary/aromatic N) is 2. The molecule has 0 radical (unpaired) electrons. The number of carbonyl (C=O) groups excluding carboxylic acids is 2. The molecule has 1 aliphatic rings. The summed E-state index contributed by atoms with van der Waals surface area (Å²) in [6.45, 7) is 0.769. The van der Waals surface area contributed by atoms with Gasteiger partial charge in [-0.15, -0.1) is 0 Å². The highest BCUT2D eigenvalue weighted by Gasteiger charge is 2.32. The molecule has 172 valence electrons. The molecule has 0 aromatic heterocycles. The standard InChI is InChI=1S/C24H31N3O5/c1-26(15-23(28)25-18-6-5-7-20(13-18)30-2)24(29)16-27(19-8-9-19)14-17-12-21(31-3)10-11-22(17)32-4/h5-7,10-13,19H,8-9,14-16H2,1-4H3,(H,25,28). The Hall–Kier alpha value is -3.26. The maximum atomic E-state index is 12.9. The second kappa shape index (κ2) is 10.9. The van der Waals surface area contributed by atoms with Gasteiger partial charge in [0.05, 0.1) is 34.4 Å². The normalized spacial score (nSPS) is 12.9. The number of rotatable bonds is 11. The Balaban J connectivity index is 1.59. The van der Waals surface area contributed by atoms with Crippen LogP contribution in [-0.4, -0.2) is 69.1 Å². The van der Waals surface area contributed by atoms with Crippen LogP contribution in [0.1, 0.15) is 18.4 Å². The molecule has 0 atom stereocenters. The molecular formula is C24H31N3O5. The van der Waals surface area contributed by atoms with Crippen molar-refractivity contribution < 1.29 is 23.8 Å². The largest absolute Gasteiger partial charge is 0.497 e. The number of anilines is 1. The van der Waals surface area contributed by atoms with Gasteiger partial charge in [0.15, 0.2) is 0 Å². The molecule has 2 aromatic rings. The van der Waals surface area contributed by atoms with E-state index in [2.05, 4.69) is 10.2 Å². The highest BCUT2D eigenvalue weighted by Crippen LogP contribution is 2.31. The Morgan fingerprint density at radius 3 is 2.34 bits per heavy atom. The first-order valence-corrected chi connectivity index (χ1v) is 10.6. The van der Waals surface area contributed by atoms with Gasteiger partial charge in [-0.05, 0) is 43.2 Å². The molecule has 0 bridgehead atoms. The topological polar surface area (TPSA) is 80.3 Å². The van der Waals surface area contributed by atoms with Crippen LogP contribution in [0.2, 0.25) is 0 Å². The van der Waals surface area contributed by atoms with Crippen LogP contribution in [0.5, 0.6) is 17.2 Å². The van der Waals surface area contributed by atoms with E-state index in [0.29, 0.717) is 24.0 Å². The van der Waals surface area contributed by atoms with E-state index in [1.54, 1.807) is 52.6 Å². The maximum Gasteiger partial charge on any atom is 0.243 e. The second-order valence-electron chi connectivity index (χ2n) is 7.84. The van der Waals surface area contributed by atoms with Crippen LogP contribution in [0.3, 0.4) is 0 Å². The molecule has 8 nitrogen and oxygen atoms in total. The van der Waals surface area contributed by atoms with Gasteiger partial charge < -0.3 is 24.4 Å². The number of benzene rings is 2. The van der Waals surface area contributed by atoms with E-state index >= 15 is 0 Å². The minimum Gasteiger partial charge on any atom is -0.497 e. The van der Waals surface area contributed by atoms with Crippen LogP contribution >= 0.6 is 0 Å². The van der Waals surface area contributed by atoms with Crippen molar-refractivity contribution in [1.82, 2.24) is 9.80 Å². The monoisotopic (exact) mass is 441 g/mol. The second-order valence-corrected chi connectivity index (χ2v) is 7.84. The Morgan fingerprint density at radius 1 is 0.969 bits per heavy atom. The Morgan fingerprint density at radius 2 is 1.69 bits per heavy atom. The third kappa shape index (κ3) is 6.37. The van der Waals surface area contributed by atoms with Crippen molar-refractivity contribution in [1.29, 1.82) is 0 Å². The van der Waals surface area contributed by atoms with Gasteiger partial charge in [-0.25, -0.2) is 0 Å². The summed E-state index contributed by atoms with van der Waals surface area (Å²) in [6.07, 6.45) is 2.11. The molecule has 1 aliphatic carbocycles. The molecule has 0 saturated heterocycles. The average Bonchev–Trinajstić information content (AvgIpc) is 3.64. The molecule has 32 heavy (non-hydrogen) atoms. The van der Waals surface area contributed by atoms with Crippen LogP contribution in [0.15, 0.2) is 42.5 Å². The van der Waals surface area contributed by atoms with E-state index in [1.807, 2.05) is 18.2 Å². The van der Waals surface area contributed by atoms with Gasteiger partial charge in [-0.3, -0.25) is 14.5 Å². The molecular weight excluding hydrogens is 410 g/mol. The van der Waals surface area contributed by atoms with E-state index < -0.39 is 0 Å². The molecule has 0 spiro atoms. The molecule has 0 aliphatic heterocycles. The van der Waals surface area contributed by atoms with E-state index in [4.69, 9.17) is 14.2 Å². The molecule has 2 aromatic carbocycles. The van der Waals surface area contributed by atoms with Gasteiger partial charge in [-0.2, -0.15) is 0 Å². The fourth-order valence-corrected chi connectivity index (χ4v) is 3.48. The van der Waals surface area contributed by atoms with E-state index in [9.17, 15) is 9.59 Å². The van der Waals surface area contributed by atoms with E-state index in [1.165, 1.54) is 4.90 Å². The third-order valence-electron chi connectivity index (χ3n) is 5.42. The molecule has 1 saturated carbocycles. The van der Waals surface area contributed by atoms with Crippen LogP contribution in [-0.2, 0) is 16.1 Å². The fourth-order valence-electron chi connectivity index (χ4n) is 3.48. The Kier molecular flexibility index (Phi) is 7.94. The van der Waals surface area contributed by atoms with Crippen LogP contribution < -0.4 is 19.5 Å². The summed E-state index contributed by atoms with van der Waals surface area (Å²) in [5.41, 5.74) is 1.59. The van der Waals surface area contributed by atoms with Crippen molar-refractivity contribution >= 4 is 17.5 Å². The lowest BCUT2D eigenvalue weighted by Gasteiger charge is -2.25. The first-order valence-electron chi connectivity index (χ1n) is 10.6. The summed E-state index contributed by atoms with van der Waals surface area (Å²) in [5, 5.41) is 2.80. The van der Waals surface area contributed by atoms with Crippen molar-refractivity contribution in [2.75, 3.05) is 46.8 Å². The summed E-state index contributed by atoms with van der Waals surface area (Å²) < 4.78 is 16.0. The van der Waals surface area contributed by atoms with Gasteiger partial charge >= 0.3 is 0 Å². The van der Waals surface area contributed by atoms with Gasteiger partial charge in [0.2, 0.25) is 11.8 Å². The molecule has 1 fully saturated rings. The van der Waals surface area contributed by atoms with Crippen LogP contribution in [0, 0.1) is 0 Å². The smallest absolute Gasteiger partial charge is 0.243 e. The fraction of sp³-hybridized carbons (Fsp3) is 0.417. The molecule has 8 heteroatoms. The SMILES string of the molecule is COc1cccc(NC(=O)CN(C)C(=O)CN(Cc2cc(OC)ccc2OC)C2CC2)c1. The van der Waals surface area contributed by atoms with Crippen LogP contribution in [0.4, 0.5) is 5.69 Å².